The molecule has 1 aromatic heterocycles. The monoisotopic (exact) mass is 293 g/mol. The Bertz CT molecular complexity index is 490. The van der Waals surface area contributed by atoms with E-state index >= 15 is 0 Å². The van der Waals surface area contributed by atoms with Gasteiger partial charge in [0.15, 0.2) is 0 Å². The lowest BCUT2D eigenvalue weighted by Crippen LogP contribution is -2.45. The molecule has 7 nitrogen and oxygen atoms in total. The summed E-state index contributed by atoms with van der Waals surface area (Å²) in [5.74, 6) is -2.10. The highest BCUT2D eigenvalue weighted by Gasteiger charge is 2.19. The number of aromatic nitrogens is 1. The number of pyridine rings is 1. The van der Waals surface area contributed by atoms with Gasteiger partial charge >= 0.3 is 5.97 Å². The zero-order valence-electron chi connectivity index (χ0n) is 11.8. The van der Waals surface area contributed by atoms with Gasteiger partial charge in [-0.25, -0.2) is 4.79 Å². The van der Waals surface area contributed by atoms with Crippen LogP contribution in [0.2, 0.25) is 0 Å². The summed E-state index contributed by atoms with van der Waals surface area (Å²) >= 11 is 0. The van der Waals surface area contributed by atoms with Gasteiger partial charge in [0.05, 0.1) is 6.54 Å². The fourth-order valence-corrected chi connectivity index (χ4v) is 1.66. The Labute approximate surface area is 122 Å². The Morgan fingerprint density at radius 3 is 2.67 bits per heavy atom. The lowest BCUT2D eigenvalue weighted by atomic mass is 10.1. The SMILES string of the molecule is CCCCC(NC(=O)CNC(=O)c1ccccn1)C(=O)O. The van der Waals surface area contributed by atoms with Crippen molar-refractivity contribution in [1.29, 1.82) is 0 Å². The first-order chi connectivity index (χ1) is 10.0. The van der Waals surface area contributed by atoms with E-state index in [2.05, 4.69) is 15.6 Å². The topological polar surface area (TPSA) is 108 Å². The molecular formula is C14H19N3O4. The van der Waals surface area contributed by atoms with Gasteiger partial charge in [-0.05, 0) is 18.6 Å². The van der Waals surface area contributed by atoms with Crippen LogP contribution in [0.3, 0.4) is 0 Å². The first kappa shape index (κ1) is 16.6. The van der Waals surface area contributed by atoms with Gasteiger partial charge in [0.2, 0.25) is 5.91 Å². The molecule has 1 aromatic rings. The van der Waals surface area contributed by atoms with Crippen molar-refractivity contribution in [2.45, 2.75) is 32.2 Å². The minimum absolute atomic E-state index is 0.200. The number of nitrogens with zero attached hydrogens (tertiary/aromatic N) is 1. The van der Waals surface area contributed by atoms with Crippen LogP contribution in [0, 0.1) is 0 Å². The Morgan fingerprint density at radius 2 is 2.10 bits per heavy atom. The van der Waals surface area contributed by atoms with E-state index < -0.39 is 23.8 Å². The van der Waals surface area contributed by atoms with Crippen LogP contribution in [0.15, 0.2) is 24.4 Å². The number of aliphatic carboxylic acids is 1. The average Bonchev–Trinajstić information content (AvgIpc) is 2.49. The van der Waals surface area contributed by atoms with Gasteiger partial charge in [0, 0.05) is 6.20 Å². The van der Waals surface area contributed by atoms with Crippen LogP contribution in [-0.2, 0) is 9.59 Å². The molecule has 114 valence electrons. The highest BCUT2D eigenvalue weighted by Crippen LogP contribution is 2.00. The Hall–Kier alpha value is -2.44. The van der Waals surface area contributed by atoms with E-state index in [4.69, 9.17) is 5.11 Å². The van der Waals surface area contributed by atoms with Crippen molar-refractivity contribution in [3.63, 3.8) is 0 Å². The molecule has 3 N–H and O–H groups in total. The second-order valence-electron chi connectivity index (χ2n) is 4.50. The predicted octanol–water partition coefficient (Wildman–Crippen LogP) is 0.571. The average molecular weight is 293 g/mol. The zero-order chi connectivity index (χ0) is 15.7. The van der Waals surface area contributed by atoms with Crippen LogP contribution >= 0.6 is 0 Å². The van der Waals surface area contributed by atoms with Crippen molar-refractivity contribution in [2.75, 3.05) is 6.54 Å². The lowest BCUT2D eigenvalue weighted by Gasteiger charge is -2.14. The number of rotatable bonds is 8. The molecule has 0 aliphatic carbocycles. The van der Waals surface area contributed by atoms with Crippen molar-refractivity contribution in [1.82, 2.24) is 15.6 Å². The van der Waals surface area contributed by atoms with E-state index in [1.165, 1.54) is 12.3 Å². The van der Waals surface area contributed by atoms with Crippen molar-refractivity contribution < 1.29 is 19.5 Å². The quantitative estimate of drug-likeness (QED) is 0.649. The van der Waals surface area contributed by atoms with E-state index in [1.54, 1.807) is 12.1 Å². The maximum Gasteiger partial charge on any atom is 0.326 e. The first-order valence-electron chi connectivity index (χ1n) is 6.76. The van der Waals surface area contributed by atoms with Crippen LogP contribution in [0.5, 0.6) is 0 Å². The molecule has 0 aliphatic heterocycles. The number of hydrogen-bond acceptors (Lipinski definition) is 4. The number of carboxylic acid groups (broad SMARTS) is 1. The Morgan fingerprint density at radius 1 is 1.33 bits per heavy atom. The number of unbranched alkanes of at least 4 members (excludes halogenated alkanes) is 1. The second kappa shape index (κ2) is 8.68. The second-order valence-corrected chi connectivity index (χ2v) is 4.50. The fourth-order valence-electron chi connectivity index (χ4n) is 1.66. The van der Waals surface area contributed by atoms with Crippen LogP contribution in [0.1, 0.15) is 36.7 Å². The Kier molecular flexibility index (Phi) is 6.86. The third-order valence-corrected chi connectivity index (χ3v) is 2.79. The number of carbonyl (C=O) groups excluding carboxylic acids is 2. The van der Waals surface area contributed by atoms with Crippen molar-refractivity contribution in [2.24, 2.45) is 0 Å². The molecule has 0 aromatic carbocycles. The maximum absolute atomic E-state index is 11.7. The smallest absolute Gasteiger partial charge is 0.326 e. The highest BCUT2D eigenvalue weighted by molar-refractivity contribution is 5.95. The van der Waals surface area contributed by atoms with Crippen molar-refractivity contribution in [3.8, 4) is 0 Å². The van der Waals surface area contributed by atoms with E-state index in [9.17, 15) is 14.4 Å². The summed E-state index contributed by atoms with van der Waals surface area (Å²) in [7, 11) is 0. The molecule has 0 spiro atoms. The molecular weight excluding hydrogens is 274 g/mol. The molecule has 1 atom stereocenters. The summed E-state index contributed by atoms with van der Waals surface area (Å²) in [6, 6.07) is 3.93. The van der Waals surface area contributed by atoms with E-state index in [0.29, 0.717) is 12.8 Å². The van der Waals surface area contributed by atoms with Gasteiger partial charge in [-0.1, -0.05) is 25.8 Å². The minimum atomic E-state index is -1.08. The molecule has 0 saturated carbocycles. The van der Waals surface area contributed by atoms with Gasteiger partial charge in [0.1, 0.15) is 11.7 Å². The number of carbonyl (C=O) groups is 3. The first-order valence-corrected chi connectivity index (χ1v) is 6.76. The number of amides is 2. The predicted molar refractivity (Wildman–Crippen MR) is 75.7 cm³/mol. The zero-order valence-corrected chi connectivity index (χ0v) is 11.8. The summed E-state index contributed by atoms with van der Waals surface area (Å²) in [6.45, 7) is 1.65. The Balaban J connectivity index is 2.42. The lowest BCUT2D eigenvalue weighted by molar-refractivity contribution is -0.141. The molecule has 0 saturated heterocycles. The van der Waals surface area contributed by atoms with Crippen LogP contribution in [0.25, 0.3) is 0 Å². The molecule has 1 unspecified atom stereocenters. The molecule has 1 heterocycles. The molecule has 0 bridgehead atoms. The summed E-state index contributed by atoms with van der Waals surface area (Å²) in [5.41, 5.74) is 0.200. The van der Waals surface area contributed by atoms with E-state index in [-0.39, 0.29) is 12.2 Å². The van der Waals surface area contributed by atoms with Crippen LogP contribution < -0.4 is 10.6 Å². The summed E-state index contributed by atoms with van der Waals surface area (Å²) in [4.78, 5) is 38.2. The summed E-state index contributed by atoms with van der Waals surface area (Å²) in [6.07, 6.45) is 3.39. The molecule has 0 radical (unpaired) electrons. The van der Waals surface area contributed by atoms with Gasteiger partial charge < -0.3 is 15.7 Å². The number of nitrogens with one attached hydrogen (secondary N) is 2. The standard InChI is InChI=1S/C14H19N3O4/c1-2-3-6-11(14(20)21)17-12(18)9-16-13(19)10-7-4-5-8-15-10/h4-5,7-8,11H,2-3,6,9H2,1H3,(H,16,19)(H,17,18)(H,20,21). The number of hydrogen-bond donors (Lipinski definition) is 3. The highest BCUT2D eigenvalue weighted by atomic mass is 16.4. The third kappa shape index (κ3) is 6.03. The van der Waals surface area contributed by atoms with Crippen molar-refractivity contribution in [3.05, 3.63) is 30.1 Å². The summed E-state index contributed by atoms with van der Waals surface area (Å²) < 4.78 is 0. The molecule has 0 aliphatic rings. The molecule has 2 amide bonds. The van der Waals surface area contributed by atoms with E-state index in [0.717, 1.165) is 6.42 Å². The van der Waals surface area contributed by atoms with Crippen LogP contribution in [0.4, 0.5) is 0 Å². The maximum atomic E-state index is 11.7. The molecule has 1 rings (SSSR count). The van der Waals surface area contributed by atoms with Gasteiger partial charge in [-0.3, -0.25) is 14.6 Å². The third-order valence-electron chi connectivity index (χ3n) is 2.79. The molecule has 0 fully saturated rings. The van der Waals surface area contributed by atoms with Crippen LogP contribution in [-0.4, -0.2) is 40.5 Å². The van der Waals surface area contributed by atoms with Gasteiger partial charge in [-0.15, -0.1) is 0 Å². The minimum Gasteiger partial charge on any atom is -0.480 e. The largest absolute Gasteiger partial charge is 0.480 e. The van der Waals surface area contributed by atoms with Gasteiger partial charge in [-0.2, -0.15) is 0 Å². The van der Waals surface area contributed by atoms with Gasteiger partial charge in [0.25, 0.3) is 5.91 Å². The normalized spacial score (nSPS) is 11.5. The fraction of sp³-hybridized carbons (Fsp3) is 0.429. The molecule has 7 heteroatoms. The molecule has 21 heavy (non-hydrogen) atoms. The van der Waals surface area contributed by atoms with Crippen molar-refractivity contribution >= 4 is 17.8 Å². The van der Waals surface area contributed by atoms with E-state index in [1.807, 2.05) is 6.92 Å². The number of carboxylic acids is 1. The summed E-state index contributed by atoms with van der Waals surface area (Å²) in [5, 5.41) is 13.8.